The third kappa shape index (κ3) is 5.57. The largest absolute Gasteiger partial charge is 0.497 e. The van der Waals surface area contributed by atoms with Gasteiger partial charge >= 0.3 is 14.2 Å². The zero-order valence-corrected chi connectivity index (χ0v) is 23.9. The summed E-state index contributed by atoms with van der Waals surface area (Å²) in [6.07, 6.45) is -0.652. The van der Waals surface area contributed by atoms with Gasteiger partial charge in [-0.1, -0.05) is 54.6 Å². The van der Waals surface area contributed by atoms with E-state index in [1.807, 2.05) is 127 Å². The van der Waals surface area contributed by atoms with E-state index in [1.54, 1.807) is 0 Å². The SMILES string of the molecule is [CH2+]C1(C)OB(c2ccc(OC(Oc3ccc(B4OC(C)(C)C(C)(C)O4)cc3)c3ccccc3)cc2)OC1(C)C. The summed E-state index contributed by atoms with van der Waals surface area (Å²) in [6, 6.07) is 25.3. The molecule has 2 aliphatic rings. The zero-order valence-electron chi connectivity index (χ0n) is 23.9. The van der Waals surface area contributed by atoms with E-state index in [-0.39, 0.29) is 0 Å². The highest BCUT2D eigenvalue weighted by Crippen LogP contribution is 2.37. The van der Waals surface area contributed by atoms with Crippen molar-refractivity contribution in [1.29, 1.82) is 0 Å². The van der Waals surface area contributed by atoms with Gasteiger partial charge in [0.05, 0.1) is 18.1 Å². The average molecular weight is 527 g/mol. The van der Waals surface area contributed by atoms with Gasteiger partial charge in [0.2, 0.25) is 5.60 Å². The maximum atomic E-state index is 6.33. The fourth-order valence-corrected chi connectivity index (χ4v) is 4.33. The number of rotatable bonds is 7. The van der Waals surface area contributed by atoms with E-state index < -0.39 is 42.9 Å². The third-order valence-electron chi connectivity index (χ3n) is 8.16. The van der Waals surface area contributed by atoms with Crippen LogP contribution in [0, 0.1) is 6.92 Å². The monoisotopic (exact) mass is 527 g/mol. The first-order chi connectivity index (χ1) is 18.3. The summed E-state index contributed by atoms with van der Waals surface area (Å²) in [7, 11) is -0.913. The predicted octanol–water partition coefficient (Wildman–Crippen LogP) is 5.26. The van der Waals surface area contributed by atoms with Crippen LogP contribution in [0.3, 0.4) is 0 Å². The quantitative estimate of drug-likeness (QED) is 0.238. The van der Waals surface area contributed by atoms with Crippen LogP contribution in [0.4, 0.5) is 0 Å². The molecule has 2 saturated heterocycles. The third-order valence-corrected chi connectivity index (χ3v) is 8.16. The van der Waals surface area contributed by atoms with Gasteiger partial charge in [0.15, 0.2) is 0 Å². The van der Waals surface area contributed by atoms with E-state index in [9.17, 15) is 0 Å². The average Bonchev–Trinajstić information content (AvgIpc) is 3.24. The lowest BCUT2D eigenvalue weighted by Gasteiger charge is -2.32. The molecular formula is C31H37B2O6+. The molecule has 3 aromatic rings. The fraction of sp³-hybridized carbons (Fsp3) is 0.387. The second-order valence-corrected chi connectivity index (χ2v) is 12.0. The van der Waals surface area contributed by atoms with Crippen LogP contribution in [0.2, 0.25) is 0 Å². The number of ether oxygens (including phenoxy) is 2. The van der Waals surface area contributed by atoms with Crippen LogP contribution in [0.25, 0.3) is 0 Å². The summed E-state index contributed by atoms with van der Waals surface area (Å²) in [4.78, 5) is 0. The maximum Gasteiger partial charge on any atom is 0.497 e. The summed E-state index contributed by atoms with van der Waals surface area (Å²) in [5.41, 5.74) is 0.800. The fourth-order valence-electron chi connectivity index (χ4n) is 4.33. The van der Waals surface area contributed by atoms with Gasteiger partial charge in [-0.2, -0.15) is 0 Å². The van der Waals surface area contributed by atoms with Crippen molar-refractivity contribution in [3.05, 3.63) is 91.3 Å². The van der Waals surface area contributed by atoms with Crippen LogP contribution in [0.5, 0.6) is 11.5 Å². The lowest BCUT2D eigenvalue weighted by Crippen LogP contribution is -2.42. The first-order valence-electron chi connectivity index (χ1n) is 13.4. The minimum Gasteiger partial charge on any atom is -0.451 e. The predicted molar refractivity (Wildman–Crippen MR) is 154 cm³/mol. The summed E-state index contributed by atoms with van der Waals surface area (Å²) >= 11 is 0. The zero-order chi connectivity index (χ0) is 28.1. The first-order valence-corrected chi connectivity index (χ1v) is 13.4. The van der Waals surface area contributed by atoms with Crippen molar-refractivity contribution in [2.45, 2.75) is 77.2 Å². The Labute approximate surface area is 233 Å². The molecule has 0 bridgehead atoms. The van der Waals surface area contributed by atoms with Gasteiger partial charge in [-0.15, -0.1) is 0 Å². The van der Waals surface area contributed by atoms with E-state index in [1.165, 1.54) is 0 Å². The second kappa shape index (κ2) is 9.93. The molecule has 2 atom stereocenters. The molecular weight excluding hydrogens is 490 g/mol. The highest BCUT2D eigenvalue weighted by Gasteiger charge is 2.57. The van der Waals surface area contributed by atoms with Crippen LogP contribution in [0.15, 0.2) is 78.9 Å². The highest BCUT2D eigenvalue weighted by atomic mass is 16.7. The topological polar surface area (TPSA) is 55.4 Å². The number of benzene rings is 3. The van der Waals surface area contributed by atoms with Crippen molar-refractivity contribution in [3.63, 3.8) is 0 Å². The Hall–Kier alpha value is -2.90. The maximum absolute atomic E-state index is 6.33. The van der Waals surface area contributed by atoms with Gasteiger partial charge in [0.1, 0.15) is 17.1 Å². The molecule has 8 heteroatoms. The van der Waals surface area contributed by atoms with Gasteiger partial charge in [-0.25, -0.2) is 0 Å². The Morgan fingerprint density at radius 1 is 0.564 bits per heavy atom. The van der Waals surface area contributed by atoms with E-state index >= 15 is 0 Å². The van der Waals surface area contributed by atoms with E-state index in [0.29, 0.717) is 11.5 Å². The van der Waals surface area contributed by atoms with Crippen LogP contribution < -0.4 is 20.4 Å². The molecule has 0 N–H and O–H groups in total. The molecule has 202 valence electrons. The summed E-state index contributed by atoms with van der Waals surface area (Å²) in [5.74, 6) is 1.33. The summed E-state index contributed by atoms with van der Waals surface area (Å²) < 4.78 is 37.2. The van der Waals surface area contributed by atoms with Crippen LogP contribution >= 0.6 is 0 Å². The summed E-state index contributed by atoms with van der Waals surface area (Å²) in [6.45, 7) is 18.3. The van der Waals surface area contributed by atoms with Gasteiger partial charge in [0, 0.05) is 12.5 Å². The van der Waals surface area contributed by atoms with Crippen molar-refractivity contribution in [1.82, 2.24) is 0 Å². The molecule has 5 rings (SSSR count). The van der Waals surface area contributed by atoms with Crippen LogP contribution in [-0.4, -0.2) is 36.6 Å². The minimum atomic E-state index is -0.652. The van der Waals surface area contributed by atoms with Crippen LogP contribution in [-0.2, 0) is 18.6 Å². The van der Waals surface area contributed by atoms with Crippen molar-refractivity contribution in [2.75, 3.05) is 0 Å². The van der Waals surface area contributed by atoms with E-state index in [2.05, 4.69) is 6.92 Å². The number of hydrogen-bond acceptors (Lipinski definition) is 6. The Morgan fingerprint density at radius 2 is 0.974 bits per heavy atom. The van der Waals surface area contributed by atoms with Crippen molar-refractivity contribution in [2.24, 2.45) is 0 Å². The molecule has 3 aromatic carbocycles. The summed E-state index contributed by atoms with van der Waals surface area (Å²) in [5, 5.41) is 0. The lowest BCUT2D eigenvalue weighted by atomic mass is 9.79. The Bertz CT molecular complexity index is 1160. The minimum absolute atomic E-state index is 0.395. The molecule has 0 saturated carbocycles. The molecule has 6 nitrogen and oxygen atoms in total. The molecule has 0 amide bonds. The lowest BCUT2D eigenvalue weighted by molar-refractivity contribution is 0.00384. The Kier molecular flexibility index (Phi) is 7.04. The molecule has 0 aliphatic carbocycles. The van der Waals surface area contributed by atoms with Gasteiger partial charge in [0.25, 0.3) is 6.29 Å². The molecule has 2 unspecified atom stereocenters. The standard InChI is InChI=1S/C31H37B2O6/c1-28(2)29(3,4)37-32(36-28)23-14-18-25(19-15-23)34-27(22-12-10-9-11-13-22)35-26-20-16-24(17-21-26)33-38-30(5,6)31(7,8)39-33/h9-21,27H,1H2,2-8H3/q+1. The molecule has 0 spiro atoms. The van der Waals surface area contributed by atoms with Crippen molar-refractivity contribution >= 4 is 25.2 Å². The molecule has 2 aliphatic heterocycles. The Balaban J connectivity index is 1.30. The van der Waals surface area contributed by atoms with Gasteiger partial charge in [-0.05, 0) is 76.7 Å². The van der Waals surface area contributed by atoms with Gasteiger partial charge in [-0.3, -0.25) is 0 Å². The highest BCUT2D eigenvalue weighted by molar-refractivity contribution is 6.62. The molecule has 2 fully saturated rings. The smallest absolute Gasteiger partial charge is 0.451 e. The van der Waals surface area contributed by atoms with E-state index in [4.69, 9.17) is 28.1 Å². The van der Waals surface area contributed by atoms with Crippen molar-refractivity contribution < 1.29 is 28.1 Å². The molecule has 2 heterocycles. The van der Waals surface area contributed by atoms with Gasteiger partial charge < -0.3 is 28.1 Å². The normalized spacial score (nSPS) is 24.0. The molecule has 0 aromatic heterocycles. The second-order valence-electron chi connectivity index (χ2n) is 12.0. The molecule has 0 radical (unpaired) electrons. The first kappa shape index (κ1) is 27.7. The Morgan fingerprint density at radius 3 is 1.38 bits per heavy atom. The van der Waals surface area contributed by atoms with Crippen molar-refractivity contribution in [3.8, 4) is 11.5 Å². The van der Waals surface area contributed by atoms with E-state index in [0.717, 1.165) is 16.5 Å². The molecule has 39 heavy (non-hydrogen) atoms. The number of hydrogen-bond donors (Lipinski definition) is 0. The van der Waals surface area contributed by atoms with Crippen LogP contribution in [0.1, 0.15) is 60.3 Å².